The van der Waals surface area contributed by atoms with E-state index >= 15 is 0 Å². The van der Waals surface area contributed by atoms with E-state index in [2.05, 4.69) is 15.5 Å². The van der Waals surface area contributed by atoms with Gasteiger partial charge in [0.1, 0.15) is 5.01 Å². The van der Waals surface area contributed by atoms with Gasteiger partial charge in [0.05, 0.1) is 12.6 Å². The Morgan fingerprint density at radius 1 is 1.48 bits per heavy atom. The molecule has 2 atom stereocenters. The zero-order valence-electron chi connectivity index (χ0n) is 12.9. The Kier molecular flexibility index (Phi) is 5.66. The minimum absolute atomic E-state index is 0.0866. The van der Waals surface area contributed by atoms with Crippen LogP contribution >= 0.6 is 11.3 Å². The van der Waals surface area contributed by atoms with Crippen molar-refractivity contribution in [2.24, 2.45) is 5.92 Å². The Morgan fingerprint density at radius 3 is 2.81 bits per heavy atom. The third-order valence-corrected chi connectivity index (χ3v) is 4.90. The molecule has 0 aromatic carbocycles. The van der Waals surface area contributed by atoms with Crippen molar-refractivity contribution < 1.29 is 9.90 Å². The molecule has 1 aromatic rings. The molecule has 0 aliphatic heterocycles. The summed E-state index contributed by atoms with van der Waals surface area (Å²) in [5.41, 5.74) is 0. The lowest BCUT2D eigenvalue weighted by atomic mass is 10.1. The number of nitrogens with one attached hydrogen (secondary N) is 1. The van der Waals surface area contributed by atoms with Crippen LogP contribution in [0.15, 0.2) is 0 Å². The van der Waals surface area contributed by atoms with Gasteiger partial charge in [0.2, 0.25) is 11.0 Å². The maximum absolute atomic E-state index is 12.0. The lowest BCUT2D eigenvalue weighted by molar-refractivity contribution is -0.117. The highest BCUT2D eigenvalue weighted by Gasteiger charge is 2.26. The van der Waals surface area contributed by atoms with Crippen LogP contribution < -0.4 is 5.32 Å². The van der Waals surface area contributed by atoms with Crippen molar-refractivity contribution >= 4 is 22.4 Å². The first-order valence-electron chi connectivity index (χ1n) is 7.45. The van der Waals surface area contributed by atoms with Crippen LogP contribution in [0, 0.1) is 5.92 Å². The van der Waals surface area contributed by atoms with E-state index in [4.69, 9.17) is 0 Å². The van der Waals surface area contributed by atoms with E-state index in [1.807, 2.05) is 25.8 Å². The van der Waals surface area contributed by atoms with Crippen molar-refractivity contribution in [2.45, 2.75) is 45.1 Å². The topological polar surface area (TPSA) is 78.4 Å². The average Bonchev–Trinajstić information content (AvgIpc) is 2.99. The second-order valence-corrected chi connectivity index (χ2v) is 7.11. The fraction of sp³-hybridized carbons (Fsp3) is 0.786. The number of carbonyl (C=O) groups excluding carboxylic acids is 1. The molecule has 1 heterocycles. The molecule has 1 saturated carbocycles. The van der Waals surface area contributed by atoms with E-state index in [9.17, 15) is 9.90 Å². The summed E-state index contributed by atoms with van der Waals surface area (Å²) in [4.78, 5) is 13.9. The summed E-state index contributed by atoms with van der Waals surface area (Å²) in [5.74, 6) is 0.521. The number of hydrogen-bond acceptors (Lipinski definition) is 6. The molecule has 0 radical (unpaired) electrons. The lowest BCUT2D eigenvalue weighted by Crippen LogP contribution is -2.35. The fourth-order valence-corrected chi connectivity index (χ4v) is 3.38. The Balaban J connectivity index is 1.77. The van der Waals surface area contributed by atoms with Crippen LogP contribution in [0.3, 0.4) is 0 Å². The Bertz CT molecular complexity index is 477. The first-order valence-corrected chi connectivity index (χ1v) is 8.27. The fourth-order valence-electron chi connectivity index (χ4n) is 2.62. The van der Waals surface area contributed by atoms with Gasteiger partial charge in [-0.05, 0) is 25.8 Å². The highest BCUT2D eigenvalue weighted by Crippen LogP contribution is 2.26. The standard InChI is InChI=1S/C14H24N4O2S/c1-9(2)13-16-17-14(21-13)15-12(20)8-18(3)7-10-5-4-6-11(10)19/h9-11,19H,4-8H2,1-3H3,(H,15,17,20). The number of likely N-dealkylation sites (N-methyl/N-ethyl adjacent to an activating group) is 1. The Hall–Kier alpha value is -1.05. The number of hydrogen-bond donors (Lipinski definition) is 2. The molecule has 2 unspecified atom stereocenters. The largest absolute Gasteiger partial charge is 0.393 e. The lowest BCUT2D eigenvalue weighted by Gasteiger charge is -2.22. The van der Waals surface area contributed by atoms with Gasteiger partial charge in [-0.1, -0.05) is 31.6 Å². The second-order valence-electron chi connectivity index (χ2n) is 6.10. The highest BCUT2D eigenvalue weighted by atomic mass is 32.1. The van der Waals surface area contributed by atoms with Gasteiger partial charge >= 0.3 is 0 Å². The van der Waals surface area contributed by atoms with Crippen molar-refractivity contribution in [3.63, 3.8) is 0 Å². The first-order chi connectivity index (χ1) is 9.95. The van der Waals surface area contributed by atoms with Crippen LogP contribution in [-0.2, 0) is 4.79 Å². The van der Waals surface area contributed by atoms with Crippen molar-refractivity contribution in [1.29, 1.82) is 0 Å². The minimum atomic E-state index is -0.215. The molecule has 0 saturated heterocycles. The van der Waals surface area contributed by atoms with E-state index in [0.29, 0.717) is 17.6 Å². The highest BCUT2D eigenvalue weighted by molar-refractivity contribution is 7.15. The molecule has 21 heavy (non-hydrogen) atoms. The van der Waals surface area contributed by atoms with Crippen LogP contribution in [-0.4, -0.2) is 52.4 Å². The summed E-state index contributed by atoms with van der Waals surface area (Å²) in [6, 6.07) is 0. The van der Waals surface area contributed by atoms with Gasteiger partial charge in [0, 0.05) is 12.5 Å². The van der Waals surface area contributed by atoms with E-state index in [1.54, 1.807) is 0 Å². The molecular formula is C14H24N4O2S. The molecule has 7 heteroatoms. The molecule has 0 spiro atoms. The van der Waals surface area contributed by atoms with Crippen LogP contribution in [0.25, 0.3) is 0 Å². The van der Waals surface area contributed by atoms with Crippen molar-refractivity contribution in [2.75, 3.05) is 25.5 Å². The van der Waals surface area contributed by atoms with Gasteiger partial charge in [0.15, 0.2) is 0 Å². The van der Waals surface area contributed by atoms with E-state index in [1.165, 1.54) is 11.3 Å². The van der Waals surface area contributed by atoms with Gasteiger partial charge in [-0.3, -0.25) is 15.0 Å². The smallest absolute Gasteiger partial charge is 0.240 e. The zero-order valence-corrected chi connectivity index (χ0v) is 13.7. The van der Waals surface area contributed by atoms with Crippen molar-refractivity contribution in [3.05, 3.63) is 5.01 Å². The number of carbonyl (C=O) groups is 1. The van der Waals surface area contributed by atoms with E-state index in [0.717, 1.165) is 30.8 Å². The number of aromatic nitrogens is 2. The molecule has 1 fully saturated rings. The summed E-state index contributed by atoms with van der Waals surface area (Å²) in [6.45, 7) is 5.15. The third-order valence-electron chi connectivity index (χ3n) is 3.76. The minimum Gasteiger partial charge on any atom is -0.393 e. The summed E-state index contributed by atoms with van der Waals surface area (Å²) in [5, 5.41) is 22.1. The quantitative estimate of drug-likeness (QED) is 0.836. The molecule has 2 N–H and O–H groups in total. The number of aliphatic hydroxyl groups excluding tert-OH is 1. The molecule has 118 valence electrons. The van der Waals surface area contributed by atoms with E-state index < -0.39 is 0 Å². The second kappa shape index (κ2) is 7.29. The maximum Gasteiger partial charge on any atom is 0.240 e. The molecule has 2 rings (SSSR count). The summed E-state index contributed by atoms with van der Waals surface area (Å²) >= 11 is 1.42. The molecular weight excluding hydrogens is 288 g/mol. The number of amides is 1. The van der Waals surface area contributed by atoms with E-state index in [-0.39, 0.29) is 17.9 Å². The molecule has 6 nitrogen and oxygen atoms in total. The average molecular weight is 312 g/mol. The van der Waals surface area contributed by atoms with Gasteiger partial charge in [-0.15, -0.1) is 10.2 Å². The van der Waals surface area contributed by atoms with Gasteiger partial charge in [-0.25, -0.2) is 0 Å². The van der Waals surface area contributed by atoms with Gasteiger partial charge < -0.3 is 5.11 Å². The van der Waals surface area contributed by atoms with Crippen molar-refractivity contribution in [3.8, 4) is 0 Å². The maximum atomic E-state index is 12.0. The number of nitrogens with zero attached hydrogens (tertiary/aromatic N) is 3. The van der Waals surface area contributed by atoms with Crippen LogP contribution in [0.4, 0.5) is 5.13 Å². The van der Waals surface area contributed by atoms with Crippen molar-refractivity contribution in [1.82, 2.24) is 15.1 Å². The third kappa shape index (κ3) is 4.72. The number of anilines is 1. The van der Waals surface area contributed by atoms with Gasteiger partial charge in [-0.2, -0.15) is 0 Å². The summed E-state index contributed by atoms with van der Waals surface area (Å²) in [6.07, 6.45) is 2.79. The molecule has 1 aromatic heterocycles. The predicted molar refractivity (Wildman–Crippen MR) is 83.5 cm³/mol. The summed E-state index contributed by atoms with van der Waals surface area (Å²) < 4.78 is 0. The Morgan fingerprint density at radius 2 is 2.24 bits per heavy atom. The Labute approximate surface area is 129 Å². The SMILES string of the molecule is CC(C)c1nnc(NC(=O)CN(C)CC2CCCC2O)s1. The molecule has 0 bridgehead atoms. The van der Waals surface area contributed by atoms with Crippen LogP contribution in [0.2, 0.25) is 0 Å². The number of aliphatic hydroxyl groups is 1. The first kappa shape index (κ1) is 16.3. The predicted octanol–water partition coefficient (Wildman–Crippen LogP) is 1.69. The zero-order chi connectivity index (χ0) is 15.4. The summed E-state index contributed by atoms with van der Waals surface area (Å²) in [7, 11) is 1.91. The molecule has 1 aliphatic carbocycles. The van der Waals surface area contributed by atoms with Crippen LogP contribution in [0.1, 0.15) is 44.0 Å². The molecule has 1 amide bonds. The van der Waals surface area contributed by atoms with Gasteiger partial charge in [0.25, 0.3) is 0 Å². The van der Waals surface area contributed by atoms with Crippen LogP contribution in [0.5, 0.6) is 0 Å². The molecule has 1 aliphatic rings. The number of rotatable bonds is 6. The normalized spacial score (nSPS) is 22.2. The monoisotopic (exact) mass is 312 g/mol.